The number of nitrogens with zero attached hydrogens (tertiary/aromatic N) is 3. The van der Waals surface area contributed by atoms with Crippen LogP contribution in [0.15, 0.2) is 18.2 Å². The number of hydrogen-bond donors (Lipinski definition) is 1. The van der Waals surface area contributed by atoms with Crippen LogP contribution in [0.5, 0.6) is 0 Å². The highest BCUT2D eigenvalue weighted by atomic mass is 15.2. The van der Waals surface area contributed by atoms with Crippen LogP contribution in [-0.2, 0) is 0 Å². The molecule has 4 heteroatoms. The lowest BCUT2D eigenvalue weighted by atomic mass is 10.3. The van der Waals surface area contributed by atoms with E-state index in [4.69, 9.17) is 5.73 Å². The van der Waals surface area contributed by atoms with Crippen molar-refractivity contribution < 1.29 is 0 Å². The van der Waals surface area contributed by atoms with Crippen molar-refractivity contribution in [2.45, 2.75) is 40.5 Å². The van der Waals surface area contributed by atoms with E-state index in [0.29, 0.717) is 5.82 Å². The van der Waals surface area contributed by atoms with Gasteiger partial charge in [0.05, 0.1) is 0 Å². The number of nitrogens with two attached hydrogens (primary N) is 1. The van der Waals surface area contributed by atoms with E-state index in [0.717, 1.165) is 5.69 Å². The molecule has 0 bridgehead atoms. The van der Waals surface area contributed by atoms with Gasteiger partial charge in [0.1, 0.15) is 5.82 Å². The molecule has 0 unspecified atom stereocenters. The van der Waals surface area contributed by atoms with Gasteiger partial charge in [-0.05, 0) is 39.1 Å². The minimum absolute atomic E-state index is 0.588. The molecule has 1 aliphatic heterocycles. The fraction of sp³-hybridized carbons (Fsp3) is 0.706. The van der Waals surface area contributed by atoms with Crippen molar-refractivity contribution in [1.29, 1.82) is 0 Å². The van der Waals surface area contributed by atoms with E-state index in [1.54, 1.807) is 6.07 Å². The highest BCUT2D eigenvalue weighted by Crippen LogP contribution is 2.00. The zero-order valence-electron chi connectivity index (χ0n) is 14.6. The maximum atomic E-state index is 5.35. The number of unbranched alkanes of at least 4 members (excludes halogenated alkanes) is 1. The van der Waals surface area contributed by atoms with Crippen molar-refractivity contribution in [3.8, 4) is 0 Å². The molecule has 21 heavy (non-hydrogen) atoms. The molecule has 122 valence electrons. The van der Waals surface area contributed by atoms with Crippen LogP contribution in [0.25, 0.3) is 0 Å². The fourth-order valence-corrected chi connectivity index (χ4v) is 2.02. The molecule has 0 saturated carbocycles. The highest BCUT2D eigenvalue weighted by molar-refractivity contribution is 5.28. The molecule has 1 fully saturated rings. The number of hydrogen-bond acceptors (Lipinski definition) is 4. The van der Waals surface area contributed by atoms with E-state index in [1.807, 2.05) is 32.9 Å². The van der Waals surface area contributed by atoms with Gasteiger partial charge in [0.15, 0.2) is 0 Å². The van der Waals surface area contributed by atoms with Crippen LogP contribution < -0.4 is 5.73 Å². The van der Waals surface area contributed by atoms with Gasteiger partial charge in [-0.15, -0.1) is 0 Å². The van der Waals surface area contributed by atoms with E-state index in [-0.39, 0.29) is 0 Å². The van der Waals surface area contributed by atoms with Gasteiger partial charge in [-0.1, -0.05) is 33.3 Å². The van der Waals surface area contributed by atoms with Crippen LogP contribution >= 0.6 is 0 Å². The second-order valence-electron chi connectivity index (χ2n) is 5.20. The van der Waals surface area contributed by atoms with Gasteiger partial charge in [-0.25, -0.2) is 4.98 Å². The van der Waals surface area contributed by atoms with Gasteiger partial charge in [0, 0.05) is 31.9 Å². The average Bonchev–Trinajstić information content (AvgIpc) is 2.49. The number of rotatable bonds is 3. The molecule has 2 N–H and O–H groups in total. The molecule has 0 aliphatic carbocycles. The molecule has 0 spiro atoms. The van der Waals surface area contributed by atoms with Crippen LogP contribution in [-0.4, -0.2) is 54.6 Å². The maximum absolute atomic E-state index is 5.35. The molecule has 1 aliphatic rings. The van der Waals surface area contributed by atoms with Crippen molar-refractivity contribution in [1.82, 2.24) is 14.8 Å². The first kappa shape index (κ1) is 19.9. The van der Waals surface area contributed by atoms with Crippen molar-refractivity contribution in [3.05, 3.63) is 23.9 Å². The highest BCUT2D eigenvalue weighted by Gasteiger charge is 2.11. The Morgan fingerprint density at radius 1 is 1.14 bits per heavy atom. The molecular formula is C17H34N4. The molecule has 4 nitrogen and oxygen atoms in total. The lowest BCUT2D eigenvalue weighted by molar-refractivity contribution is 0.152. The number of aromatic nitrogens is 1. The average molecular weight is 294 g/mol. The topological polar surface area (TPSA) is 45.4 Å². The fourth-order valence-electron chi connectivity index (χ4n) is 2.02. The van der Waals surface area contributed by atoms with Gasteiger partial charge in [-0.2, -0.15) is 0 Å². The first-order valence-corrected chi connectivity index (χ1v) is 8.22. The predicted molar refractivity (Wildman–Crippen MR) is 93.6 cm³/mol. The number of piperazine rings is 1. The molecule has 2 rings (SSSR count). The molecule has 0 aromatic carbocycles. The summed E-state index contributed by atoms with van der Waals surface area (Å²) in [4.78, 5) is 8.93. The summed E-state index contributed by atoms with van der Waals surface area (Å²) in [7, 11) is 2.21. The lowest BCUT2D eigenvalue weighted by Crippen LogP contribution is -2.44. The third kappa shape index (κ3) is 10.3. The van der Waals surface area contributed by atoms with Gasteiger partial charge in [0.25, 0.3) is 0 Å². The maximum Gasteiger partial charge on any atom is 0.123 e. The van der Waals surface area contributed by atoms with Crippen molar-refractivity contribution in [2.24, 2.45) is 0 Å². The molecule has 1 saturated heterocycles. The number of nitrogen functional groups attached to an aromatic ring is 1. The third-order valence-electron chi connectivity index (χ3n) is 3.33. The number of anilines is 1. The van der Waals surface area contributed by atoms with Crippen molar-refractivity contribution in [3.63, 3.8) is 0 Å². The number of pyridine rings is 1. The quantitative estimate of drug-likeness (QED) is 0.931. The molecule has 0 radical (unpaired) electrons. The Labute approximate surface area is 131 Å². The summed E-state index contributed by atoms with van der Waals surface area (Å²) in [5.74, 6) is 0.588. The standard InChI is InChI=1S/C9H20N2.C6H8N2.C2H6/c1-3-4-5-11-8-6-10(2)7-9-11;1-5-3-2-4-6(7)8-5;1-2/h3-9H2,1-2H3;2-4H,1H3,(H2,7,8);1-2H3. The van der Waals surface area contributed by atoms with Gasteiger partial charge in [0.2, 0.25) is 0 Å². The van der Waals surface area contributed by atoms with Crippen LogP contribution in [0.3, 0.4) is 0 Å². The minimum atomic E-state index is 0.588. The molecule has 1 aromatic rings. The van der Waals surface area contributed by atoms with E-state index >= 15 is 0 Å². The third-order valence-corrected chi connectivity index (χ3v) is 3.33. The summed E-state index contributed by atoms with van der Waals surface area (Å²) < 4.78 is 0. The normalized spacial score (nSPS) is 15.5. The van der Waals surface area contributed by atoms with E-state index in [9.17, 15) is 0 Å². The second-order valence-corrected chi connectivity index (χ2v) is 5.20. The van der Waals surface area contributed by atoms with Crippen molar-refractivity contribution in [2.75, 3.05) is 45.5 Å². The minimum Gasteiger partial charge on any atom is -0.384 e. The van der Waals surface area contributed by atoms with Gasteiger partial charge in [-0.3, -0.25) is 0 Å². The zero-order chi connectivity index (χ0) is 16.1. The Hall–Kier alpha value is -1.13. The largest absolute Gasteiger partial charge is 0.384 e. The van der Waals surface area contributed by atoms with Crippen LogP contribution in [0.2, 0.25) is 0 Å². The van der Waals surface area contributed by atoms with Crippen LogP contribution in [0.4, 0.5) is 5.82 Å². The van der Waals surface area contributed by atoms with E-state index < -0.39 is 0 Å². The van der Waals surface area contributed by atoms with Gasteiger partial charge >= 0.3 is 0 Å². The second kappa shape index (κ2) is 12.6. The molecule has 2 heterocycles. The summed E-state index contributed by atoms with van der Waals surface area (Å²) in [5, 5.41) is 0. The Morgan fingerprint density at radius 3 is 2.19 bits per heavy atom. The van der Waals surface area contributed by atoms with E-state index in [1.165, 1.54) is 45.6 Å². The zero-order valence-corrected chi connectivity index (χ0v) is 14.6. The Kier molecular flexibility index (Phi) is 11.9. The molecule has 1 aromatic heterocycles. The summed E-state index contributed by atoms with van der Waals surface area (Å²) in [6.45, 7) is 14.5. The van der Waals surface area contributed by atoms with Gasteiger partial charge < -0.3 is 15.5 Å². The molecular weight excluding hydrogens is 260 g/mol. The Bertz CT molecular complexity index is 326. The monoisotopic (exact) mass is 294 g/mol. The summed E-state index contributed by atoms with van der Waals surface area (Å²) >= 11 is 0. The summed E-state index contributed by atoms with van der Waals surface area (Å²) in [6.07, 6.45) is 2.69. The lowest BCUT2D eigenvalue weighted by Gasteiger charge is -2.32. The Balaban J connectivity index is 0.000000354. The first-order chi connectivity index (χ1) is 10.1. The summed E-state index contributed by atoms with van der Waals surface area (Å²) in [6, 6.07) is 5.57. The smallest absolute Gasteiger partial charge is 0.123 e. The first-order valence-electron chi connectivity index (χ1n) is 8.22. The van der Waals surface area contributed by atoms with Crippen molar-refractivity contribution >= 4 is 5.82 Å². The summed E-state index contributed by atoms with van der Waals surface area (Å²) in [5.41, 5.74) is 6.31. The van der Waals surface area contributed by atoms with Crippen LogP contribution in [0, 0.1) is 6.92 Å². The molecule has 0 atom stereocenters. The number of likely N-dealkylation sites (N-methyl/N-ethyl adjacent to an activating group) is 1. The predicted octanol–water partition coefficient (Wildman–Crippen LogP) is 3.03. The van der Waals surface area contributed by atoms with E-state index in [2.05, 4.69) is 28.8 Å². The SMILES string of the molecule is CC.CCCCN1CCN(C)CC1.Cc1cccc(N)n1. The number of aryl methyl sites for hydroxylation is 1. The Morgan fingerprint density at radius 2 is 1.76 bits per heavy atom. The molecule has 0 amide bonds. The van der Waals surface area contributed by atoms with Crippen LogP contribution in [0.1, 0.15) is 39.3 Å².